The lowest BCUT2D eigenvalue weighted by Crippen LogP contribution is -2.48. The molecule has 0 aromatic carbocycles. The van der Waals surface area contributed by atoms with E-state index in [1.165, 1.54) is 6.07 Å². The Morgan fingerprint density at radius 2 is 1.91 bits per heavy atom. The molecule has 5 heteroatoms. The molecule has 1 aromatic heterocycles. The fourth-order valence-corrected chi connectivity index (χ4v) is 3.74. The fraction of sp³-hybridized carbons (Fsp3) is 0.706. The van der Waals surface area contributed by atoms with Crippen molar-refractivity contribution in [2.45, 2.75) is 38.9 Å². The second kappa shape index (κ2) is 6.92. The van der Waals surface area contributed by atoms with E-state index in [9.17, 15) is 4.39 Å². The first-order valence-corrected chi connectivity index (χ1v) is 8.35. The molecule has 0 radical (unpaired) electrons. The molecule has 3 rings (SSSR count). The molecule has 0 aliphatic carbocycles. The highest BCUT2D eigenvalue weighted by Gasteiger charge is 2.27. The van der Waals surface area contributed by atoms with Crippen LogP contribution in [0.1, 0.15) is 26.7 Å². The summed E-state index contributed by atoms with van der Waals surface area (Å²) in [7, 11) is 0. The molecule has 2 saturated heterocycles. The van der Waals surface area contributed by atoms with E-state index in [2.05, 4.69) is 28.6 Å². The molecule has 0 N–H and O–H groups in total. The molecule has 22 heavy (non-hydrogen) atoms. The molecule has 4 nitrogen and oxygen atoms in total. The smallest absolute Gasteiger partial charge is 0.165 e. The molecule has 2 fully saturated rings. The van der Waals surface area contributed by atoms with Crippen molar-refractivity contribution in [3.8, 4) is 0 Å². The normalized spacial score (nSPS) is 28.0. The Morgan fingerprint density at radius 3 is 2.55 bits per heavy atom. The first-order valence-electron chi connectivity index (χ1n) is 8.35. The van der Waals surface area contributed by atoms with Gasteiger partial charge in [-0.2, -0.15) is 0 Å². The zero-order valence-electron chi connectivity index (χ0n) is 13.5. The average molecular weight is 307 g/mol. The molecule has 2 atom stereocenters. The van der Waals surface area contributed by atoms with Crippen LogP contribution < -0.4 is 4.90 Å². The number of rotatable bonds is 3. The summed E-state index contributed by atoms with van der Waals surface area (Å²) in [4.78, 5) is 8.79. The lowest BCUT2D eigenvalue weighted by molar-refractivity contribution is -0.0720. The van der Waals surface area contributed by atoms with Crippen LogP contribution in [0.3, 0.4) is 0 Å². The van der Waals surface area contributed by atoms with Gasteiger partial charge in [-0.25, -0.2) is 9.37 Å². The maximum Gasteiger partial charge on any atom is 0.165 e. The van der Waals surface area contributed by atoms with Crippen LogP contribution in [0.2, 0.25) is 0 Å². The van der Waals surface area contributed by atoms with E-state index >= 15 is 0 Å². The van der Waals surface area contributed by atoms with Crippen molar-refractivity contribution < 1.29 is 9.13 Å². The van der Waals surface area contributed by atoms with Gasteiger partial charge in [0, 0.05) is 38.9 Å². The van der Waals surface area contributed by atoms with Crippen LogP contribution in [-0.4, -0.2) is 54.8 Å². The van der Waals surface area contributed by atoms with Crippen LogP contribution in [0, 0.1) is 11.7 Å². The summed E-state index contributed by atoms with van der Waals surface area (Å²) in [6.07, 6.45) is 4.53. The number of halogens is 1. The van der Waals surface area contributed by atoms with Gasteiger partial charge in [0.15, 0.2) is 11.6 Å². The van der Waals surface area contributed by atoms with Gasteiger partial charge in [-0.1, -0.05) is 0 Å². The Balaban J connectivity index is 1.51. The Morgan fingerprint density at radius 1 is 1.23 bits per heavy atom. The van der Waals surface area contributed by atoms with Crippen molar-refractivity contribution in [2.75, 3.05) is 37.6 Å². The van der Waals surface area contributed by atoms with Gasteiger partial charge in [0.1, 0.15) is 0 Å². The topological polar surface area (TPSA) is 28.6 Å². The Kier molecular flexibility index (Phi) is 4.93. The lowest BCUT2D eigenvalue weighted by atomic mass is 9.95. The standard InChI is InChI=1S/C17H26FN3O/c1-13-10-20(11-14(2)22-13)12-15-5-8-21(9-6-15)17-16(18)4-3-7-19-17/h3-4,7,13-15H,5-6,8-12H2,1-2H3/t13-,14+. The van der Waals surface area contributed by atoms with Crippen molar-refractivity contribution in [1.29, 1.82) is 0 Å². The Hall–Kier alpha value is -1.20. The highest BCUT2D eigenvalue weighted by Crippen LogP contribution is 2.25. The minimum absolute atomic E-state index is 0.211. The quantitative estimate of drug-likeness (QED) is 0.858. The van der Waals surface area contributed by atoms with Crippen LogP contribution >= 0.6 is 0 Å². The van der Waals surface area contributed by atoms with Gasteiger partial charge in [0.2, 0.25) is 0 Å². The third kappa shape index (κ3) is 3.76. The van der Waals surface area contributed by atoms with Crippen molar-refractivity contribution in [3.05, 3.63) is 24.1 Å². The number of hydrogen-bond acceptors (Lipinski definition) is 4. The lowest BCUT2D eigenvalue weighted by Gasteiger charge is -2.39. The first kappa shape index (κ1) is 15.7. The van der Waals surface area contributed by atoms with Gasteiger partial charge in [-0.05, 0) is 44.7 Å². The van der Waals surface area contributed by atoms with Gasteiger partial charge in [0.05, 0.1) is 12.2 Å². The number of nitrogens with zero attached hydrogens (tertiary/aromatic N) is 3. The predicted molar refractivity (Wildman–Crippen MR) is 85.6 cm³/mol. The highest BCUT2D eigenvalue weighted by atomic mass is 19.1. The summed E-state index contributed by atoms with van der Waals surface area (Å²) in [5.74, 6) is 0.992. The van der Waals surface area contributed by atoms with E-state index < -0.39 is 0 Å². The number of piperidine rings is 1. The summed E-state index contributed by atoms with van der Waals surface area (Å²) in [5.41, 5.74) is 0. The first-order chi connectivity index (χ1) is 10.6. The summed E-state index contributed by atoms with van der Waals surface area (Å²) < 4.78 is 19.6. The van der Waals surface area contributed by atoms with E-state index in [1.807, 2.05) is 0 Å². The number of anilines is 1. The van der Waals surface area contributed by atoms with Crippen LogP contribution in [0.15, 0.2) is 18.3 Å². The summed E-state index contributed by atoms with van der Waals surface area (Å²) >= 11 is 0. The molecule has 0 amide bonds. The van der Waals surface area contributed by atoms with E-state index in [0.29, 0.717) is 23.9 Å². The zero-order valence-corrected chi connectivity index (χ0v) is 13.5. The summed E-state index contributed by atoms with van der Waals surface area (Å²) in [6, 6.07) is 3.14. The van der Waals surface area contributed by atoms with E-state index in [1.54, 1.807) is 12.3 Å². The number of aromatic nitrogens is 1. The van der Waals surface area contributed by atoms with E-state index in [-0.39, 0.29) is 5.82 Å². The van der Waals surface area contributed by atoms with Crippen LogP contribution in [0.5, 0.6) is 0 Å². The van der Waals surface area contributed by atoms with Crippen LogP contribution in [0.4, 0.5) is 10.2 Å². The van der Waals surface area contributed by atoms with Crippen LogP contribution in [0.25, 0.3) is 0 Å². The Labute approximate surface area is 132 Å². The van der Waals surface area contributed by atoms with Gasteiger partial charge in [-0.15, -0.1) is 0 Å². The fourth-order valence-electron chi connectivity index (χ4n) is 3.74. The molecular weight excluding hydrogens is 281 g/mol. The van der Waals surface area contributed by atoms with Crippen molar-refractivity contribution >= 4 is 5.82 Å². The van der Waals surface area contributed by atoms with Gasteiger partial charge < -0.3 is 9.64 Å². The van der Waals surface area contributed by atoms with Crippen molar-refractivity contribution in [3.63, 3.8) is 0 Å². The molecule has 2 aliphatic rings. The van der Waals surface area contributed by atoms with E-state index in [4.69, 9.17) is 4.74 Å². The number of hydrogen-bond donors (Lipinski definition) is 0. The third-order valence-electron chi connectivity index (χ3n) is 4.66. The zero-order chi connectivity index (χ0) is 15.5. The van der Waals surface area contributed by atoms with Crippen molar-refractivity contribution in [1.82, 2.24) is 9.88 Å². The molecule has 0 spiro atoms. The van der Waals surface area contributed by atoms with Gasteiger partial charge in [-0.3, -0.25) is 4.90 Å². The molecule has 1 aromatic rings. The Bertz CT molecular complexity index is 481. The molecule has 122 valence electrons. The maximum atomic E-state index is 13.8. The predicted octanol–water partition coefficient (Wildman–Crippen LogP) is 2.55. The largest absolute Gasteiger partial charge is 0.373 e. The molecule has 0 bridgehead atoms. The minimum Gasteiger partial charge on any atom is -0.373 e. The molecule has 0 unspecified atom stereocenters. The third-order valence-corrected chi connectivity index (χ3v) is 4.66. The SMILES string of the molecule is C[C@@H]1CN(CC2CCN(c3ncccc3F)CC2)C[C@H](C)O1. The van der Waals surface area contributed by atoms with Crippen LogP contribution in [-0.2, 0) is 4.74 Å². The summed E-state index contributed by atoms with van der Waals surface area (Å²) in [5, 5.41) is 0. The maximum absolute atomic E-state index is 13.8. The van der Waals surface area contributed by atoms with Crippen molar-refractivity contribution in [2.24, 2.45) is 5.92 Å². The molecule has 0 saturated carbocycles. The van der Waals surface area contributed by atoms with E-state index in [0.717, 1.165) is 45.6 Å². The van der Waals surface area contributed by atoms with Gasteiger partial charge >= 0.3 is 0 Å². The molecule has 3 heterocycles. The number of pyridine rings is 1. The molecule has 2 aliphatic heterocycles. The number of ether oxygens (including phenoxy) is 1. The minimum atomic E-state index is -0.211. The van der Waals surface area contributed by atoms with Gasteiger partial charge in [0.25, 0.3) is 0 Å². The highest BCUT2D eigenvalue weighted by molar-refractivity contribution is 5.39. The monoisotopic (exact) mass is 307 g/mol. The molecular formula is C17H26FN3O. The summed E-state index contributed by atoms with van der Waals surface area (Å²) in [6.45, 7) is 9.28. The number of morpholine rings is 1. The second-order valence-electron chi connectivity index (χ2n) is 6.72. The average Bonchev–Trinajstić information content (AvgIpc) is 2.48. The second-order valence-corrected chi connectivity index (χ2v) is 6.72.